The van der Waals surface area contributed by atoms with Crippen molar-refractivity contribution in [3.8, 4) is 0 Å². The smallest absolute Gasteiger partial charge is 0.221 e. The summed E-state index contributed by atoms with van der Waals surface area (Å²) in [4.78, 5) is 10.4. The highest BCUT2D eigenvalue weighted by Gasteiger charge is 2.05. The van der Waals surface area contributed by atoms with Crippen LogP contribution in [0.25, 0.3) is 0 Å². The van der Waals surface area contributed by atoms with Gasteiger partial charge in [0.05, 0.1) is 6.42 Å². The van der Waals surface area contributed by atoms with Crippen LogP contribution in [0.2, 0.25) is 0 Å². The molecule has 5 heteroatoms. The summed E-state index contributed by atoms with van der Waals surface area (Å²) in [6.45, 7) is 0. The number of halogens is 3. The number of carbonyl (C=O) groups is 1. The molecular weight excluding hydrogens is 200 g/mol. The first-order valence-corrected chi connectivity index (χ1v) is 3.32. The van der Waals surface area contributed by atoms with Gasteiger partial charge in [0.1, 0.15) is 11.6 Å². The summed E-state index contributed by atoms with van der Waals surface area (Å²) >= 11 is 0. The summed E-state index contributed by atoms with van der Waals surface area (Å²) < 4.78 is 25.1. The van der Waals surface area contributed by atoms with E-state index in [0.29, 0.717) is 0 Å². The number of nitrogens with two attached hydrogens (primary N) is 1. The number of amides is 1. The second-order valence-corrected chi connectivity index (χ2v) is 2.38. The van der Waals surface area contributed by atoms with Crippen LogP contribution in [0.4, 0.5) is 8.78 Å². The van der Waals surface area contributed by atoms with Crippen LogP contribution < -0.4 is 5.73 Å². The van der Waals surface area contributed by atoms with Crippen molar-refractivity contribution in [1.82, 2.24) is 0 Å². The first-order valence-electron chi connectivity index (χ1n) is 3.32. The Bertz CT molecular complexity index is 317. The predicted octanol–water partition coefficient (Wildman–Crippen LogP) is 1.41. The summed E-state index contributed by atoms with van der Waals surface area (Å²) in [6.07, 6.45) is -0.202. The quantitative estimate of drug-likeness (QED) is 0.783. The van der Waals surface area contributed by atoms with E-state index in [1.807, 2.05) is 0 Å². The SMILES string of the molecule is Cl.NC(=O)Cc1ccc(F)cc1F. The van der Waals surface area contributed by atoms with Crippen molar-refractivity contribution in [2.75, 3.05) is 0 Å². The maximum atomic E-state index is 12.8. The molecule has 2 N–H and O–H groups in total. The summed E-state index contributed by atoms with van der Waals surface area (Å²) in [5.74, 6) is -2.05. The van der Waals surface area contributed by atoms with Crippen molar-refractivity contribution in [3.05, 3.63) is 35.4 Å². The molecule has 0 saturated heterocycles. The lowest BCUT2D eigenvalue weighted by molar-refractivity contribution is -0.117. The van der Waals surface area contributed by atoms with Crippen LogP contribution >= 0.6 is 12.4 Å². The first kappa shape index (κ1) is 11.8. The highest BCUT2D eigenvalue weighted by Crippen LogP contribution is 2.09. The van der Waals surface area contributed by atoms with Crippen LogP contribution in [0.1, 0.15) is 5.56 Å². The van der Waals surface area contributed by atoms with E-state index >= 15 is 0 Å². The zero-order valence-electron chi connectivity index (χ0n) is 6.59. The minimum absolute atomic E-state index is 0. The van der Waals surface area contributed by atoms with Gasteiger partial charge in [0.2, 0.25) is 5.91 Å². The third kappa shape index (κ3) is 3.38. The molecule has 0 unspecified atom stereocenters. The van der Waals surface area contributed by atoms with Gasteiger partial charge in [-0.1, -0.05) is 6.07 Å². The monoisotopic (exact) mass is 207 g/mol. The van der Waals surface area contributed by atoms with Crippen molar-refractivity contribution < 1.29 is 13.6 Å². The van der Waals surface area contributed by atoms with Crippen molar-refractivity contribution in [3.63, 3.8) is 0 Å². The molecule has 2 nitrogen and oxygen atoms in total. The van der Waals surface area contributed by atoms with Crippen LogP contribution in [0.5, 0.6) is 0 Å². The minimum atomic E-state index is -0.742. The predicted molar refractivity (Wildman–Crippen MR) is 46.5 cm³/mol. The van der Waals surface area contributed by atoms with Gasteiger partial charge in [-0.05, 0) is 11.6 Å². The molecule has 0 saturated carbocycles. The Morgan fingerprint density at radius 1 is 1.38 bits per heavy atom. The average molecular weight is 208 g/mol. The van der Waals surface area contributed by atoms with E-state index in [2.05, 4.69) is 0 Å². The lowest BCUT2D eigenvalue weighted by Gasteiger charge is -1.98. The highest BCUT2D eigenvalue weighted by molar-refractivity contribution is 5.85. The van der Waals surface area contributed by atoms with Gasteiger partial charge in [0.15, 0.2) is 0 Å². The van der Waals surface area contributed by atoms with E-state index in [-0.39, 0.29) is 24.4 Å². The molecule has 1 aromatic carbocycles. The third-order valence-electron chi connectivity index (χ3n) is 1.38. The number of carbonyl (C=O) groups excluding carboxylic acids is 1. The number of rotatable bonds is 2. The van der Waals surface area contributed by atoms with Crippen LogP contribution in [0.3, 0.4) is 0 Å². The largest absolute Gasteiger partial charge is 0.369 e. The Kier molecular flexibility index (Phi) is 4.34. The van der Waals surface area contributed by atoms with Gasteiger partial charge in [-0.2, -0.15) is 0 Å². The van der Waals surface area contributed by atoms with Crippen LogP contribution in [0, 0.1) is 11.6 Å². The molecular formula is C8H8ClF2NO. The second kappa shape index (κ2) is 4.77. The maximum absolute atomic E-state index is 12.8. The van der Waals surface area contributed by atoms with Crippen molar-refractivity contribution in [2.45, 2.75) is 6.42 Å². The lowest BCUT2D eigenvalue weighted by atomic mass is 10.1. The number of primary amides is 1. The second-order valence-electron chi connectivity index (χ2n) is 2.38. The fraction of sp³-hybridized carbons (Fsp3) is 0.125. The van der Waals surface area contributed by atoms with Crippen LogP contribution in [0.15, 0.2) is 18.2 Å². The average Bonchev–Trinajstić information content (AvgIpc) is 1.94. The van der Waals surface area contributed by atoms with E-state index in [1.165, 1.54) is 6.07 Å². The van der Waals surface area contributed by atoms with Gasteiger partial charge < -0.3 is 5.73 Å². The molecule has 0 aliphatic heterocycles. The van der Waals surface area contributed by atoms with E-state index in [4.69, 9.17) is 5.73 Å². The molecule has 13 heavy (non-hydrogen) atoms. The van der Waals surface area contributed by atoms with Gasteiger partial charge in [0.25, 0.3) is 0 Å². The van der Waals surface area contributed by atoms with Crippen molar-refractivity contribution in [2.24, 2.45) is 5.73 Å². The number of hydrogen-bond acceptors (Lipinski definition) is 1. The van der Waals surface area contributed by atoms with Crippen molar-refractivity contribution >= 4 is 18.3 Å². The standard InChI is InChI=1S/C8H7F2NO.ClH/c9-6-2-1-5(3-8(11)12)7(10)4-6;/h1-2,4H,3H2,(H2,11,12);1H. The summed E-state index contributed by atoms with van der Waals surface area (Å²) in [6, 6.07) is 3.01. The molecule has 1 aromatic rings. The third-order valence-corrected chi connectivity index (χ3v) is 1.38. The van der Waals surface area contributed by atoms with E-state index < -0.39 is 17.5 Å². The van der Waals surface area contributed by atoms with Crippen LogP contribution in [-0.2, 0) is 11.2 Å². The molecule has 0 aliphatic carbocycles. The Morgan fingerprint density at radius 3 is 2.46 bits per heavy atom. The minimum Gasteiger partial charge on any atom is -0.369 e. The summed E-state index contributed by atoms with van der Waals surface area (Å²) in [5, 5.41) is 0. The molecule has 0 bridgehead atoms. The van der Waals surface area contributed by atoms with E-state index in [0.717, 1.165) is 12.1 Å². The topological polar surface area (TPSA) is 43.1 Å². The Morgan fingerprint density at radius 2 is 2.00 bits per heavy atom. The summed E-state index contributed by atoms with van der Waals surface area (Å²) in [7, 11) is 0. The molecule has 0 atom stereocenters. The molecule has 0 fully saturated rings. The molecule has 0 spiro atoms. The highest BCUT2D eigenvalue weighted by atomic mass is 35.5. The molecule has 72 valence electrons. The van der Waals surface area contributed by atoms with Gasteiger partial charge >= 0.3 is 0 Å². The maximum Gasteiger partial charge on any atom is 0.221 e. The Balaban J connectivity index is 0.00000144. The molecule has 0 aromatic heterocycles. The van der Waals surface area contributed by atoms with Crippen molar-refractivity contribution in [1.29, 1.82) is 0 Å². The number of benzene rings is 1. The molecule has 0 radical (unpaired) electrons. The fourth-order valence-corrected chi connectivity index (χ4v) is 0.853. The fourth-order valence-electron chi connectivity index (χ4n) is 0.853. The molecule has 1 amide bonds. The zero-order valence-corrected chi connectivity index (χ0v) is 7.41. The molecule has 0 heterocycles. The van der Waals surface area contributed by atoms with Gasteiger partial charge in [0, 0.05) is 6.07 Å². The Labute approximate surface area is 80.1 Å². The lowest BCUT2D eigenvalue weighted by Crippen LogP contribution is -2.14. The van der Waals surface area contributed by atoms with Crippen LogP contribution in [-0.4, -0.2) is 5.91 Å². The summed E-state index contributed by atoms with van der Waals surface area (Å²) in [5.41, 5.74) is 4.95. The van der Waals surface area contributed by atoms with Gasteiger partial charge in [-0.15, -0.1) is 12.4 Å². The first-order chi connectivity index (χ1) is 5.59. The van der Waals surface area contributed by atoms with E-state index in [1.54, 1.807) is 0 Å². The molecule has 0 aliphatic rings. The normalized spacial score (nSPS) is 9.08. The molecule has 1 rings (SSSR count). The zero-order chi connectivity index (χ0) is 9.14. The van der Waals surface area contributed by atoms with Gasteiger partial charge in [-0.3, -0.25) is 4.79 Å². The van der Waals surface area contributed by atoms with E-state index in [9.17, 15) is 13.6 Å². The van der Waals surface area contributed by atoms with Gasteiger partial charge in [-0.25, -0.2) is 8.78 Å². The Hall–Kier alpha value is -1.16. The number of hydrogen-bond donors (Lipinski definition) is 1.